The topological polar surface area (TPSA) is 129 Å². The lowest BCUT2D eigenvalue weighted by molar-refractivity contribution is -0.170. The highest BCUT2D eigenvalue weighted by Gasteiger charge is 2.48. The van der Waals surface area contributed by atoms with Gasteiger partial charge in [0.05, 0.1) is 43.5 Å². The first-order valence-corrected chi connectivity index (χ1v) is 10.0. The van der Waals surface area contributed by atoms with E-state index in [2.05, 4.69) is 4.98 Å². The van der Waals surface area contributed by atoms with Crippen molar-refractivity contribution in [2.45, 2.75) is 69.7 Å². The van der Waals surface area contributed by atoms with E-state index in [0.29, 0.717) is 12.0 Å². The number of aromatic nitrogens is 1. The Balaban J connectivity index is 1.46. The fourth-order valence-corrected chi connectivity index (χ4v) is 3.83. The summed E-state index contributed by atoms with van der Waals surface area (Å²) in [6.45, 7) is 3.73. The molecule has 2 aliphatic rings. The summed E-state index contributed by atoms with van der Waals surface area (Å²) < 4.78 is 11.3. The summed E-state index contributed by atoms with van der Waals surface area (Å²) in [4.78, 5) is 28.2. The van der Waals surface area contributed by atoms with Crippen LogP contribution in [0, 0.1) is 11.8 Å². The summed E-state index contributed by atoms with van der Waals surface area (Å²) in [6.07, 6.45) is -0.435. The molecule has 3 heterocycles. The molecule has 0 spiro atoms. The lowest BCUT2D eigenvalue weighted by atomic mass is 9.85. The van der Waals surface area contributed by atoms with Crippen LogP contribution < -0.4 is 0 Å². The summed E-state index contributed by atoms with van der Waals surface area (Å²) in [6, 6.07) is 3.10. The van der Waals surface area contributed by atoms with Crippen LogP contribution in [0.15, 0.2) is 24.5 Å². The molecule has 0 unspecified atom stereocenters. The van der Waals surface area contributed by atoms with Crippen molar-refractivity contribution in [1.82, 2.24) is 4.98 Å². The summed E-state index contributed by atoms with van der Waals surface area (Å²) >= 11 is 0. The molecule has 3 rings (SSSR count). The zero-order valence-corrected chi connectivity index (χ0v) is 16.7. The molecule has 29 heavy (non-hydrogen) atoms. The fourth-order valence-electron chi connectivity index (χ4n) is 3.83. The Labute approximate surface area is 169 Å². The molecule has 0 aromatic carbocycles. The molecule has 8 atom stereocenters. The highest BCUT2D eigenvalue weighted by atomic mass is 16.6. The lowest BCUT2D eigenvalue weighted by Crippen LogP contribution is -2.51. The minimum absolute atomic E-state index is 0.0195. The maximum absolute atomic E-state index is 12.3. The fraction of sp³-hybridized carbons (Fsp3) is 0.667. The summed E-state index contributed by atoms with van der Waals surface area (Å²) in [5, 5.41) is 30.5. The van der Waals surface area contributed by atoms with Crippen LogP contribution in [0.1, 0.15) is 43.5 Å². The monoisotopic (exact) mass is 407 g/mol. The summed E-state index contributed by atoms with van der Waals surface area (Å²) in [5.74, 6) is -1.19. The van der Waals surface area contributed by atoms with Crippen molar-refractivity contribution in [2.24, 2.45) is 11.8 Å². The normalized spacial score (nSPS) is 33.7. The van der Waals surface area contributed by atoms with Gasteiger partial charge in [0.2, 0.25) is 0 Å². The van der Waals surface area contributed by atoms with Gasteiger partial charge in [-0.05, 0) is 19.1 Å². The lowest BCUT2D eigenvalue weighted by Gasteiger charge is -2.37. The smallest absolute Gasteiger partial charge is 0.170 e. The van der Waals surface area contributed by atoms with E-state index in [9.17, 15) is 24.9 Å². The maximum Gasteiger partial charge on any atom is 0.170 e. The second kappa shape index (κ2) is 9.40. The van der Waals surface area contributed by atoms with Gasteiger partial charge in [0, 0.05) is 42.6 Å². The Morgan fingerprint density at radius 1 is 1.17 bits per heavy atom. The number of carbonyl (C=O) groups is 2. The molecule has 8 nitrogen and oxygen atoms in total. The Kier molecular flexibility index (Phi) is 7.13. The number of ketones is 2. The standard InChI is InChI=1S/C21H29NO7/c1-11(12(2)23)21-18(29-21)9-17-20(27)19(26)14(10-28-17)7-15(24)8-16(25)13-3-5-22-6-4-13/h3-6,11-12,14,17-21,23,26-27H,7-10H2,1-2H3/t11-,12-,14-,17-,18-,19+,20-,21-/m0/s1. The molecule has 8 heteroatoms. The third-order valence-corrected chi connectivity index (χ3v) is 5.95. The first kappa shape index (κ1) is 22.0. The van der Waals surface area contributed by atoms with Gasteiger partial charge < -0.3 is 24.8 Å². The molecule has 0 bridgehead atoms. The molecule has 1 aromatic heterocycles. The summed E-state index contributed by atoms with van der Waals surface area (Å²) in [7, 11) is 0. The van der Waals surface area contributed by atoms with E-state index in [1.165, 1.54) is 12.4 Å². The van der Waals surface area contributed by atoms with E-state index in [1.807, 2.05) is 6.92 Å². The van der Waals surface area contributed by atoms with Crippen LogP contribution in [0.25, 0.3) is 0 Å². The molecule has 1 aromatic rings. The second-order valence-electron chi connectivity index (χ2n) is 8.17. The average molecular weight is 407 g/mol. The zero-order valence-electron chi connectivity index (χ0n) is 16.7. The van der Waals surface area contributed by atoms with Crippen molar-refractivity contribution in [1.29, 1.82) is 0 Å². The van der Waals surface area contributed by atoms with Gasteiger partial charge >= 0.3 is 0 Å². The number of hydrogen-bond donors (Lipinski definition) is 3. The minimum Gasteiger partial charge on any atom is -0.393 e. The molecule has 2 saturated heterocycles. The third kappa shape index (κ3) is 5.46. The number of aliphatic hydroxyl groups excluding tert-OH is 3. The molecule has 0 radical (unpaired) electrons. The number of rotatable bonds is 9. The maximum atomic E-state index is 12.3. The minimum atomic E-state index is -1.14. The van der Waals surface area contributed by atoms with Gasteiger partial charge in [-0.1, -0.05) is 6.92 Å². The van der Waals surface area contributed by atoms with E-state index >= 15 is 0 Å². The quantitative estimate of drug-likeness (QED) is 0.307. The molecule has 0 amide bonds. The van der Waals surface area contributed by atoms with Crippen LogP contribution in [0.5, 0.6) is 0 Å². The molecule has 0 saturated carbocycles. The van der Waals surface area contributed by atoms with Gasteiger partial charge in [-0.15, -0.1) is 0 Å². The van der Waals surface area contributed by atoms with Crippen LogP contribution in [0.4, 0.5) is 0 Å². The molecule has 2 aliphatic heterocycles. The van der Waals surface area contributed by atoms with Crippen molar-refractivity contribution < 1.29 is 34.4 Å². The number of epoxide rings is 1. The number of ether oxygens (including phenoxy) is 2. The largest absolute Gasteiger partial charge is 0.393 e. The number of Topliss-reactive ketones (excluding diaryl/α,β-unsaturated/α-hetero) is 2. The average Bonchev–Trinajstić information content (AvgIpc) is 3.46. The molecular formula is C21H29NO7. The highest BCUT2D eigenvalue weighted by molar-refractivity contribution is 6.07. The number of hydrogen-bond acceptors (Lipinski definition) is 8. The van der Waals surface area contributed by atoms with Crippen molar-refractivity contribution in [3.63, 3.8) is 0 Å². The third-order valence-electron chi connectivity index (χ3n) is 5.95. The number of aliphatic hydroxyl groups is 3. The van der Waals surface area contributed by atoms with E-state index < -0.39 is 30.3 Å². The van der Waals surface area contributed by atoms with Gasteiger partial charge in [0.25, 0.3) is 0 Å². The molecular weight excluding hydrogens is 378 g/mol. The van der Waals surface area contributed by atoms with Crippen molar-refractivity contribution in [3.8, 4) is 0 Å². The molecule has 2 fully saturated rings. The predicted molar refractivity (Wildman–Crippen MR) is 102 cm³/mol. The summed E-state index contributed by atoms with van der Waals surface area (Å²) in [5.41, 5.74) is 0.416. The highest BCUT2D eigenvalue weighted by Crippen LogP contribution is 2.37. The number of carbonyl (C=O) groups excluding carboxylic acids is 2. The van der Waals surface area contributed by atoms with Crippen LogP contribution in [-0.2, 0) is 14.3 Å². The second-order valence-corrected chi connectivity index (χ2v) is 8.17. The van der Waals surface area contributed by atoms with Crippen LogP contribution in [0.2, 0.25) is 0 Å². The van der Waals surface area contributed by atoms with Gasteiger partial charge in [-0.2, -0.15) is 0 Å². The first-order valence-electron chi connectivity index (χ1n) is 10.0. The van der Waals surface area contributed by atoms with Gasteiger partial charge in [0.15, 0.2) is 5.78 Å². The van der Waals surface area contributed by atoms with Crippen LogP contribution in [0.3, 0.4) is 0 Å². The number of pyridine rings is 1. The number of nitrogens with zero attached hydrogens (tertiary/aromatic N) is 1. The van der Waals surface area contributed by atoms with Gasteiger partial charge in [-0.25, -0.2) is 0 Å². The SMILES string of the molecule is C[C@H]([C@@H]1O[C@H]1C[C@@H]1OC[C@H](CC(=O)CC(=O)c2ccncc2)[C@@H](O)[C@H]1O)[C@H](C)O. The van der Waals surface area contributed by atoms with Crippen LogP contribution in [-0.4, -0.2) is 75.1 Å². The zero-order chi connectivity index (χ0) is 21.1. The molecule has 0 aliphatic carbocycles. The Hall–Kier alpha value is -1.71. The van der Waals surface area contributed by atoms with E-state index in [-0.39, 0.29) is 49.1 Å². The molecule has 3 N–H and O–H groups in total. The van der Waals surface area contributed by atoms with E-state index in [1.54, 1.807) is 19.1 Å². The van der Waals surface area contributed by atoms with Gasteiger partial charge in [-0.3, -0.25) is 14.6 Å². The van der Waals surface area contributed by atoms with Gasteiger partial charge in [0.1, 0.15) is 11.9 Å². The van der Waals surface area contributed by atoms with Crippen LogP contribution >= 0.6 is 0 Å². The molecule has 160 valence electrons. The van der Waals surface area contributed by atoms with Crippen molar-refractivity contribution >= 4 is 11.6 Å². The van der Waals surface area contributed by atoms with E-state index in [4.69, 9.17) is 9.47 Å². The Morgan fingerprint density at radius 2 is 1.86 bits per heavy atom. The Bertz CT molecular complexity index is 710. The predicted octanol–water partition coefficient (Wildman–Crippen LogP) is 0.525. The Morgan fingerprint density at radius 3 is 2.52 bits per heavy atom. The van der Waals surface area contributed by atoms with Crippen molar-refractivity contribution in [2.75, 3.05) is 6.61 Å². The van der Waals surface area contributed by atoms with E-state index in [0.717, 1.165) is 0 Å². The van der Waals surface area contributed by atoms with Crippen molar-refractivity contribution in [3.05, 3.63) is 30.1 Å². The first-order chi connectivity index (χ1) is 13.8.